The molecule has 0 aliphatic rings. The summed E-state index contributed by atoms with van der Waals surface area (Å²) in [5.74, 6) is 3.04. The highest BCUT2D eigenvalue weighted by atomic mass is 16.5. The lowest BCUT2D eigenvalue weighted by Gasteiger charge is -2.13. The number of ether oxygens (including phenoxy) is 1. The third-order valence-electron chi connectivity index (χ3n) is 3.88. The molecule has 0 spiro atoms. The van der Waals surface area contributed by atoms with Gasteiger partial charge in [-0.3, -0.25) is 0 Å². The molecule has 0 fully saturated rings. The fourth-order valence-corrected chi connectivity index (χ4v) is 2.55. The summed E-state index contributed by atoms with van der Waals surface area (Å²) < 4.78 is 5.99. The van der Waals surface area contributed by atoms with Gasteiger partial charge in [0.25, 0.3) is 0 Å². The third-order valence-corrected chi connectivity index (χ3v) is 3.88. The van der Waals surface area contributed by atoms with E-state index >= 15 is 0 Å². The Hall–Kier alpha value is -3.12. The molecule has 0 radical (unpaired) electrons. The Kier molecular flexibility index (Phi) is 6.60. The number of hydrogen-bond donors (Lipinski definition) is 2. The lowest BCUT2D eigenvalue weighted by Crippen LogP contribution is -2.16. The van der Waals surface area contributed by atoms with E-state index in [2.05, 4.69) is 39.6 Å². The maximum Gasteiger partial charge on any atom is 0.150 e. The van der Waals surface area contributed by atoms with Crippen LogP contribution in [0.4, 0.5) is 17.3 Å². The van der Waals surface area contributed by atoms with Gasteiger partial charge in [-0.15, -0.1) is 0 Å². The molecule has 140 valence electrons. The van der Waals surface area contributed by atoms with Crippen molar-refractivity contribution in [3.63, 3.8) is 0 Å². The van der Waals surface area contributed by atoms with Crippen molar-refractivity contribution >= 4 is 17.3 Å². The minimum atomic E-state index is 0.712. The van der Waals surface area contributed by atoms with Gasteiger partial charge in [-0.2, -0.15) is 0 Å². The van der Waals surface area contributed by atoms with Gasteiger partial charge in [-0.25, -0.2) is 9.97 Å². The summed E-state index contributed by atoms with van der Waals surface area (Å²) in [6.07, 6.45) is 2.60. The second-order valence-electron chi connectivity index (χ2n) is 6.41. The summed E-state index contributed by atoms with van der Waals surface area (Å²) >= 11 is 0. The second kappa shape index (κ2) is 9.54. The summed E-state index contributed by atoms with van der Waals surface area (Å²) in [6, 6.07) is 19.4. The van der Waals surface area contributed by atoms with Gasteiger partial charge in [0.2, 0.25) is 0 Å². The number of aromatic nitrogens is 2. The highest BCUT2D eigenvalue weighted by Crippen LogP contribution is 2.31. The van der Waals surface area contributed by atoms with Crippen LogP contribution in [0.3, 0.4) is 0 Å². The minimum Gasteiger partial charge on any atom is -0.455 e. The first-order chi connectivity index (χ1) is 13.2. The quantitative estimate of drug-likeness (QED) is 0.550. The summed E-state index contributed by atoms with van der Waals surface area (Å²) in [5, 5.41) is 6.65. The molecule has 0 saturated heterocycles. The van der Waals surface area contributed by atoms with Gasteiger partial charge in [0.15, 0.2) is 5.75 Å². The highest BCUT2D eigenvalue weighted by molar-refractivity contribution is 5.66. The summed E-state index contributed by atoms with van der Waals surface area (Å²) in [6.45, 7) is 1.90. The van der Waals surface area contributed by atoms with Crippen LogP contribution < -0.4 is 15.4 Å². The molecule has 6 nitrogen and oxygen atoms in total. The number of para-hydroxylation sites is 3. The van der Waals surface area contributed by atoms with Crippen LogP contribution in [-0.2, 0) is 0 Å². The number of benzene rings is 2. The normalized spacial score (nSPS) is 10.6. The summed E-state index contributed by atoms with van der Waals surface area (Å²) in [7, 11) is 4.14. The van der Waals surface area contributed by atoms with Crippen molar-refractivity contribution in [3.05, 3.63) is 67.0 Å². The molecule has 0 atom stereocenters. The largest absolute Gasteiger partial charge is 0.455 e. The standard InChI is InChI=1S/C21H25N5O/c1-26(2)14-8-13-22-20-15-21(24-16-23-20)25-18-11-6-7-12-19(18)27-17-9-4-3-5-10-17/h3-7,9-12,15-16H,8,13-14H2,1-2H3,(H2,22,23,24,25). The summed E-state index contributed by atoms with van der Waals surface area (Å²) in [5.41, 5.74) is 0.846. The molecule has 3 rings (SSSR count). The Morgan fingerprint density at radius 1 is 0.926 bits per heavy atom. The predicted octanol–water partition coefficient (Wildman–Crippen LogP) is 4.38. The Balaban J connectivity index is 1.66. The number of nitrogens with zero attached hydrogens (tertiary/aromatic N) is 3. The number of rotatable bonds is 9. The molecular weight excluding hydrogens is 338 g/mol. The Morgan fingerprint density at radius 3 is 2.48 bits per heavy atom. The molecule has 27 heavy (non-hydrogen) atoms. The zero-order chi connectivity index (χ0) is 18.9. The maximum atomic E-state index is 5.99. The van der Waals surface area contributed by atoms with E-state index in [4.69, 9.17) is 4.74 Å². The van der Waals surface area contributed by atoms with Crippen LogP contribution >= 0.6 is 0 Å². The van der Waals surface area contributed by atoms with Crippen molar-refractivity contribution in [2.75, 3.05) is 37.8 Å². The van der Waals surface area contributed by atoms with E-state index in [1.165, 1.54) is 0 Å². The first-order valence-corrected chi connectivity index (χ1v) is 9.00. The third kappa shape index (κ3) is 5.97. The van der Waals surface area contributed by atoms with E-state index in [1.54, 1.807) is 6.33 Å². The number of anilines is 3. The van der Waals surface area contributed by atoms with Crippen molar-refractivity contribution < 1.29 is 4.74 Å². The highest BCUT2D eigenvalue weighted by Gasteiger charge is 2.06. The van der Waals surface area contributed by atoms with Crippen molar-refractivity contribution in [2.45, 2.75) is 6.42 Å². The van der Waals surface area contributed by atoms with Crippen molar-refractivity contribution in [3.8, 4) is 11.5 Å². The van der Waals surface area contributed by atoms with Gasteiger partial charge in [-0.1, -0.05) is 30.3 Å². The fraction of sp³-hybridized carbons (Fsp3) is 0.238. The molecule has 1 aromatic heterocycles. The zero-order valence-corrected chi connectivity index (χ0v) is 15.7. The van der Waals surface area contributed by atoms with E-state index in [9.17, 15) is 0 Å². The van der Waals surface area contributed by atoms with Crippen molar-refractivity contribution in [1.82, 2.24) is 14.9 Å². The Labute approximate surface area is 160 Å². The predicted molar refractivity (Wildman–Crippen MR) is 110 cm³/mol. The Morgan fingerprint density at radius 2 is 1.67 bits per heavy atom. The fourth-order valence-electron chi connectivity index (χ4n) is 2.55. The van der Waals surface area contributed by atoms with Gasteiger partial charge in [-0.05, 0) is 51.3 Å². The van der Waals surface area contributed by atoms with Crippen LogP contribution in [0.5, 0.6) is 11.5 Å². The zero-order valence-electron chi connectivity index (χ0n) is 15.7. The molecule has 0 aliphatic heterocycles. The first-order valence-electron chi connectivity index (χ1n) is 9.00. The second-order valence-corrected chi connectivity index (χ2v) is 6.41. The lowest BCUT2D eigenvalue weighted by atomic mass is 10.3. The Bertz CT molecular complexity index is 839. The molecule has 0 bridgehead atoms. The first kappa shape index (κ1) is 18.7. The van der Waals surface area contributed by atoms with Crippen LogP contribution in [0.15, 0.2) is 67.0 Å². The van der Waals surface area contributed by atoms with Crippen molar-refractivity contribution in [1.29, 1.82) is 0 Å². The van der Waals surface area contributed by atoms with Crippen LogP contribution in [0, 0.1) is 0 Å². The molecule has 6 heteroatoms. The summed E-state index contributed by atoms with van der Waals surface area (Å²) in [4.78, 5) is 10.8. The van der Waals surface area contributed by atoms with Gasteiger partial charge in [0, 0.05) is 12.6 Å². The average molecular weight is 363 g/mol. The molecule has 0 amide bonds. The smallest absolute Gasteiger partial charge is 0.150 e. The van der Waals surface area contributed by atoms with Crippen LogP contribution in [0.25, 0.3) is 0 Å². The van der Waals surface area contributed by atoms with E-state index in [0.717, 1.165) is 42.5 Å². The van der Waals surface area contributed by atoms with Crippen LogP contribution in [0.1, 0.15) is 6.42 Å². The van der Waals surface area contributed by atoms with Gasteiger partial charge in [0.05, 0.1) is 5.69 Å². The molecule has 2 aromatic carbocycles. The SMILES string of the molecule is CN(C)CCCNc1cc(Nc2ccccc2Oc2ccccc2)ncn1. The molecule has 0 saturated carbocycles. The molecule has 3 aromatic rings. The van der Waals surface area contributed by atoms with Crippen LogP contribution in [0.2, 0.25) is 0 Å². The molecule has 1 heterocycles. The van der Waals surface area contributed by atoms with E-state index in [0.29, 0.717) is 5.82 Å². The minimum absolute atomic E-state index is 0.712. The molecule has 0 aliphatic carbocycles. The van der Waals surface area contributed by atoms with Crippen LogP contribution in [-0.4, -0.2) is 42.1 Å². The van der Waals surface area contributed by atoms with E-state index in [-0.39, 0.29) is 0 Å². The molecule has 2 N–H and O–H groups in total. The molecular formula is C21H25N5O. The van der Waals surface area contributed by atoms with E-state index in [1.807, 2.05) is 60.7 Å². The van der Waals surface area contributed by atoms with Crippen molar-refractivity contribution in [2.24, 2.45) is 0 Å². The topological polar surface area (TPSA) is 62.3 Å². The molecule has 0 unspecified atom stereocenters. The maximum absolute atomic E-state index is 5.99. The van der Waals surface area contributed by atoms with Gasteiger partial charge < -0.3 is 20.3 Å². The van der Waals surface area contributed by atoms with Gasteiger partial charge in [0.1, 0.15) is 23.7 Å². The number of hydrogen-bond acceptors (Lipinski definition) is 6. The number of nitrogens with one attached hydrogen (secondary N) is 2. The van der Waals surface area contributed by atoms with Gasteiger partial charge >= 0.3 is 0 Å². The average Bonchev–Trinajstić information content (AvgIpc) is 2.68. The lowest BCUT2D eigenvalue weighted by molar-refractivity contribution is 0.405. The van der Waals surface area contributed by atoms with E-state index < -0.39 is 0 Å². The monoisotopic (exact) mass is 363 g/mol.